The van der Waals surface area contributed by atoms with Gasteiger partial charge in [-0.1, -0.05) is 6.07 Å². The molecular formula is C28H33N2O7+. The number of hydrogen-bond acceptors (Lipinski definition) is 7. The molecule has 2 aromatic carbocycles. The zero-order valence-corrected chi connectivity index (χ0v) is 21.4. The molecule has 3 heterocycles. The number of Topliss-reactive ketones (excluding diaryl/α,β-unsaturated/α-hetero) is 1. The minimum absolute atomic E-state index is 0.0485. The summed E-state index contributed by atoms with van der Waals surface area (Å²) in [4.78, 5) is 29.6. The van der Waals surface area contributed by atoms with Crippen LogP contribution in [0.4, 0.5) is 0 Å². The third-order valence-corrected chi connectivity index (χ3v) is 7.34. The average Bonchev–Trinajstić information content (AvgIpc) is 3.42. The number of quaternary nitrogens is 1. The van der Waals surface area contributed by atoms with Gasteiger partial charge in [-0.2, -0.15) is 0 Å². The number of amides is 1. The van der Waals surface area contributed by atoms with Crippen LogP contribution in [0.2, 0.25) is 0 Å². The van der Waals surface area contributed by atoms with Crippen LogP contribution in [-0.4, -0.2) is 81.4 Å². The number of benzene rings is 2. The van der Waals surface area contributed by atoms with Crippen molar-refractivity contribution in [1.29, 1.82) is 0 Å². The number of carbonyl (C=O) groups is 2. The van der Waals surface area contributed by atoms with Crippen molar-refractivity contribution in [2.45, 2.75) is 25.5 Å². The highest BCUT2D eigenvalue weighted by Crippen LogP contribution is 2.42. The van der Waals surface area contributed by atoms with E-state index in [1.165, 1.54) is 12.0 Å². The Morgan fingerprint density at radius 3 is 2.57 bits per heavy atom. The summed E-state index contributed by atoms with van der Waals surface area (Å²) in [6, 6.07) is 9.91. The lowest BCUT2D eigenvalue weighted by Crippen LogP contribution is -3.14. The molecule has 0 unspecified atom stereocenters. The number of nitrogens with one attached hydrogen (secondary N) is 1. The molecular weight excluding hydrogens is 476 g/mol. The Morgan fingerprint density at radius 1 is 1.08 bits per heavy atom. The molecule has 3 aliphatic heterocycles. The second-order valence-electron chi connectivity index (χ2n) is 9.67. The first-order chi connectivity index (χ1) is 17.9. The van der Waals surface area contributed by atoms with E-state index in [1.807, 2.05) is 13.0 Å². The minimum atomic E-state index is -0.760. The quantitative estimate of drug-likeness (QED) is 0.330. The maximum atomic E-state index is 13.4. The van der Waals surface area contributed by atoms with Crippen molar-refractivity contribution in [3.05, 3.63) is 58.7 Å². The Labute approximate surface area is 216 Å². The molecule has 0 aliphatic carbocycles. The van der Waals surface area contributed by atoms with Crippen LogP contribution in [0.15, 0.2) is 42.0 Å². The molecule has 5 rings (SSSR count). The van der Waals surface area contributed by atoms with E-state index in [0.29, 0.717) is 55.4 Å². The van der Waals surface area contributed by atoms with Crippen LogP contribution < -0.4 is 19.1 Å². The molecule has 0 aromatic heterocycles. The third-order valence-electron chi connectivity index (χ3n) is 7.34. The number of aliphatic hydroxyl groups is 1. The van der Waals surface area contributed by atoms with Crippen LogP contribution in [0.5, 0.6) is 17.2 Å². The highest BCUT2D eigenvalue weighted by molar-refractivity contribution is 6.46. The van der Waals surface area contributed by atoms with Crippen molar-refractivity contribution in [2.75, 3.05) is 53.6 Å². The fraction of sp³-hybridized carbons (Fsp3) is 0.429. The number of methoxy groups -OCH3 is 2. The summed E-state index contributed by atoms with van der Waals surface area (Å²) >= 11 is 0. The number of nitrogens with zero attached hydrogens (tertiary/aromatic N) is 1. The summed E-state index contributed by atoms with van der Waals surface area (Å²) < 4.78 is 22.1. The van der Waals surface area contributed by atoms with Gasteiger partial charge in [0, 0.05) is 12.0 Å². The van der Waals surface area contributed by atoms with Crippen LogP contribution in [-0.2, 0) is 20.7 Å². The molecule has 2 fully saturated rings. The molecule has 196 valence electrons. The second kappa shape index (κ2) is 10.4. The number of morpholine rings is 1. The molecule has 9 heteroatoms. The Morgan fingerprint density at radius 2 is 1.84 bits per heavy atom. The maximum absolute atomic E-state index is 13.4. The summed E-state index contributed by atoms with van der Waals surface area (Å²) in [5, 5.41) is 11.5. The van der Waals surface area contributed by atoms with Crippen molar-refractivity contribution in [3.8, 4) is 17.2 Å². The third kappa shape index (κ3) is 4.76. The van der Waals surface area contributed by atoms with Crippen molar-refractivity contribution in [1.82, 2.24) is 4.90 Å². The van der Waals surface area contributed by atoms with Gasteiger partial charge in [-0.05, 0) is 48.4 Å². The Hall–Kier alpha value is -3.56. The van der Waals surface area contributed by atoms with Gasteiger partial charge in [0.2, 0.25) is 0 Å². The fourth-order valence-electron chi connectivity index (χ4n) is 5.39. The van der Waals surface area contributed by atoms with Crippen molar-refractivity contribution in [3.63, 3.8) is 0 Å². The number of hydrogen-bond donors (Lipinski definition) is 2. The first kappa shape index (κ1) is 25.1. The van der Waals surface area contributed by atoms with E-state index >= 15 is 0 Å². The van der Waals surface area contributed by atoms with Gasteiger partial charge in [0.25, 0.3) is 11.7 Å². The molecule has 0 saturated carbocycles. The standard InChI is InChI=1S/C28H32N2O7/c1-17-14-20-15-19(5-6-21(20)37-17)26(31)24-25(18-4-7-22(34-2)23(16-18)35-3)30(28(33)27(24)32)9-8-29-10-12-36-13-11-29/h4-7,15-17,25,31H,8-14H2,1-3H3/p+1/t17-,25-/m1/s1. The van der Waals surface area contributed by atoms with Crippen LogP contribution in [0.3, 0.4) is 0 Å². The largest absolute Gasteiger partial charge is 0.507 e. The summed E-state index contributed by atoms with van der Waals surface area (Å²) in [7, 11) is 3.08. The maximum Gasteiger partial charge on any atom is 0.295 e. The molecule has 1 amide bonds. The SMILES string of the molecule is COc1ccc([C@@H]2C(=C(O)c3ccc4c(c3)C[C@@H](C)O4)C(=O)C(=O)N2CC[NH+]2CCOCC2)cc1OC. The van der Waals surface area contributed by atoms with Crippen LogP contribution in [0.25, 0.3) is 5.76 Å². The lowest BCUT2D eigenvalue weighted by Gasteiger charge is -2.29. The molecule has 2 aromatic rings. The predicted molar refractivity (Wildman–Crippen MR) is 135 cm³/mol. The smallest absolute Gasteiger partial charge is 0.295 e. The highest BCUT2D eigenvalue weighted by Gasteiger charge is 2.46. The van der Waals surface area contributed by atoms with Gasteiger partial charge in [0.1, 0.15) is 30.7 Å². The number of aliphatic hydroxyl groups excluding tert-OH is 1. The van der Waals surface area contributed by atoms with Crippen molar-refractivity contribution >= 4 is 17.4 Å². The summed E-state index contributed by atoms with van der Waals surface area (Å²) in [5.41, 5.74) is 2.18. The summed E-state index contributed by atoms with van der Waals surface area (Å²) in [5.74, 6) is 0.282. The molecule has 0 spiro atoms. The Balaban J connectivity index is 1.56. The molecule has 2 atom stereocenters. The zero-order chi connectivity index (χ0) is 26.1. The first-order valence-corrected chi connectivity index (χ1v) is 12.6. The van der Waals surface area contributed by atoms with Crippen LogP contribution in [0.1, 0.15) is 29.7 Å². The first-order valence-electron chi connectivity index (χ1n) is 12.6. The number of ether oxygens (including phenoxy) is 4. The predicted octanol–water partition coefficient (Wildman–Crippen LogP) is 1.36. The van der Waals surface area contributed by atoms with Gasteiger partial charge >= 0.3 is 0 Å². The molecule has 0 bridgehead atoms. The van der Waals surface area contributed by atoms with Crippen LogP contribution >= 0.6 is 0 Å². The molecule has 3 aliphatic rings. The summed E-state index contributed by atoms with van der Waals surface area (Å²) in [6.07, 6.45) is 0.763. The number of carbonyl (C=O) groups excluding carboxylic acids is 2. The van der Waals surface area contributed by atoms with Gasteiger partial charge in [0.05, 0.1) is 52.1 Å². The van der Waals surface area contributed by atoms with Crippen LogP contribution in [0, 0.1) is 0 Å². The van der Waals surface area contributed by atoms with Crippen molar-refractivity contribution in [2.24, 2.45) is 0 Å². The minimum Gasteiger partial charge on any atom is -0.507 e. The Bertz CT molecular complexity index is 1240. The fourth-order valence-corrected chi connectivity index (χ4v) is 5.39. The van der Waals surface area contributed by atoms with E-state index in [1.54, 1.807) is 42.3 Å². The number of ketones is 1. The van der Waals surface area contributed by atoms with E-state index < -0.39 is 17.7 Å². The molecule has 2 saturated heterocycles. The second-order valence-corrected chi connectivity index (χ2v) is 9.67. The topological polar surface area (TPSA) is 99.0 Å². The van der Waals surface area contributed by atoms with Gasteiger partial charge in [-0.25, -0.2) is 0 Å². The molecule has 2 N–H and O–H groups in total. The molecule has 9 nitrogen and oxygen atoms in total. The molecule has 0 radical (unpaired) electrons. The van der Waals surface area contributed by atoms with Gasteiger partial charge < -0.3 is 33.9 Å². The van der Waals surface area contributed by atoms with Crippen molar-refractivity contribution < 1.29 is 38.5 Å². The van der Waals surface area contributed by atoms with Gasteiger partial charge in [-0.3, -0.25) is 9.59 Å². The Kier molecular flexibility index (Phi) is 7.08. The van der Waals surface area contributed by atoms with Gasteiger partial charge in [0.15, 0.2) is 11.5 Å². The number of fused-ring (bicyclic) bond motifs is 1. The summed E-state index contributed by atoms with van der Waals surface area (Å²) in [6.45, 7) is 6.07. The number of likely N-dealkylation sites (tertiary alicyclic amines) is 1. The van der Waals surface area contributed by atoms with E-state index in [4.69, 9.17) is 18.9 Å². The van der Waals surface area contributed by atoms with E-state index in [2.05, 4.69) is 0 Å². The average molecular weight is 510 g/mol. The molecule has 37 heavy (non-hydrogen) atoms. The normalized spacial score (nSPS) is 23.2. The lowest BCUT2D eigenvalue weighted by atomic mass is 9.94. The monoisotopic (exact) mass is 509 g/mol. The highest BCUT2D eigenvalue weighted by atomic mass is 16.5. The number of rotatable bonds is 7. The van der Waals surface area contributed by atoms with Gasteiger partial charge in [-0.15, -0.1) is 0 Å². The van der Waals surface area contributed by atoms with E-state index in [0.717, 1.165) is 24.4 Å². The zero-order valence-electron chi connectivity index (χ0n) is 21.4. The van der Waals surface area contributed by atoms with E-state index in [9.17, 15) is 14.7 Å². The van der Waals surface area contributed by atoms with E-state index in [-0.39, 0.29) is 17.4 Å². The lowest BCUT2D eigenvalue weighted by molar-refractivity contribution is -0.907.